The van der Waals surface area contributed by atoms with E-state index in [0.29, 0.717) is 0 Å². The summed E-state index contributed by atoms with van der Waals surface area (Å²) in [6.45, 7) is 4.92. The van der Waals surface area contributed by atoms with Gasteiger partial charge in [0.05, 0.1) is 11.7 Å². The normalized spacial score (nSPS) is 13.1. The summed E-state index contributed by atoms with van der Waals surface area (Å²) in [6, 6.07) is 0. The van der Waals surface area contributed by atoms with Crippen molar-refractivity contribution in [3.8, 4) is 0 Å². The average Bonchev–Trinajstić information content (AvgIpc) is 2.56. The molecule has 92 valence electrons. The number of pyridine rings is 1. The highest BCUT2D eigenvalue weighted by atomic mass is 32.2. The molecule has 5 heteroatoms. The van der Waals surface area contributed by atoms with Crippen LogP contribution < -0.4 is 0 Å². The van der Waals surface area contributed by atoms with Gasteiger partial charge in [0.15, 0.2) is 0 Å². The van der Waals surface area contributed by atoms with Crippen LogP contribution in [0.15, 0.2) is 12.4 Å². The zero-order valence-corrected chi connectivity index (χ0v) is 11.3. The molecule has 2 rings (SSSR count). The Morgan fingerprint density at radius 2 is 2.12 bits per heavy atom. The highest BCUT2D eigenvalue weighted by molar-refractivity contribution is 7.84. The first-order chi connectivity index (χ1) is 8.09. The maximum atomic E-state index is 11.1. The number of imidazole rings is 1. The SMILES string of the molecule is Cc1cncc2nc(C)n(CCCS(C)=O)c12. The molecule has 4 nitrogen and oxygen atoms in total. The molecular weight excluding hydrogens is 234 g/mol. The van der Waals surface area contributed by atoms with Gasteiger partial charge in [0.2, 0.25) is 0 Å². The Morgan fingerprint density at radius 1 is 1.35 bits per heavy atom. The Labute approximate surface area is 104 Å². The molecule has 2 heterocycles. The third-order valence-electron chi connectivity index (χ3n) is 2.84. The van der Waals surface area contributed by atoms with E-state index in [4.69, 9.17) is 0 Å². The highest BCUT2D eigenvalue weighted by Gasteiger charge is 2.09. The Morgan fingerprint density at radius 3 is 2.82 bits per heavy atom. The molecule has 0 aliphatic heterocycles. The van der Waals surface area contributed by atoms with Crippen molar-refractivity contribution < 1.29 is 4.21 Å². The summed E-state index contributed by atoms with van der Waals surface area (Å²) in [5, 5.41) is 0. The van der Waals surface area contributed by atoms with Gasteiger partial charge < -0.3 is 4.57 Å². The third kappa shape index (κ3) is 2.54. The molecule has 2 aromatic rings. The summed E-state index contributed by atoms with van der Waals surface area (Å²) in [5.41, 5.74) is 3.24. The summed E-state index contributed by atoms with van der Waals surface area (Å²) < 4.78 is 13.3. The van der Waals surface area contributed by atoms with Crippen LogP contribution in [0.3, 0.4) is 0 Å². The van der Waals surface area contributed by atoms with Crippen LogP contribution in [0, 0.1) is 13.8 Å². The van der Waals surface area contributed by atoms with Crippen molar-refractivity contribution in [2.24, 2.45) is 0 Å². The lowest BCUT2D eigenvalue weighted by Crippen LogP contribution is -2.05. The minimum atomic E-state index is -0.719. The van der Waals surface area contributed by atoms with E-state index in [2.05, 4.69) is 14.5 Å². The van der Waals surface area contributed by atoms with E-state index in [1.165, 1.54) is 0 Å². The van der Waals surface area contributed by atoms with Crippen molar-refractivity contribution in [3.63, 3.8) is 0 Å². The molecular formula is C12H17N3OS. The Bertz CT molecular complexity index is 562. The van der Waals surface area contributed by atoms with Gasteiger partial charge in [-0.05, 0) is 25.8 Å². The molecule has 17 heavy (non-hydrogen) atoms. The van der Waals surface area contributed by atoms with Gasteiger partial charge in [-0.15, -0.1) is 0 Å². The number of fused-ring (bicyclic) bond motifs is 1. The second-order valence-corrected chi connectivity index (χ2v) is 5.82. The van der Waals surface area contributed by atoms with Gasteiger partial charge in [-0.25, -0.2) is 4.98 Å². The van der Waals surface area contributed by atoms with Crippen LogP contribution in [0.1, 0.15) is 17.8 Å². The fourth-order valence-corrected chi connectivity index (χ4v) is 2.61. The lowest BCUT2D eigenvalue weighted by atomic mass is 10.2. The fraction of sp³-hybridized carbons (Fsp3) is 0.500. The third-order valence-corrected chi connectivity index (χ3v) is 3.70. The second-order valence-electron chi connectivity index (χ2n) is 4.27. The van der Waals surface area contributed by atoms with Crippen molar-refractivity contribution in [3.05, 3.63) is 23.8 Å². The highest BCUT2D eigenvalue weighted by Crippen LogP contribution is 2.18. The Hall–Kier alpha value is -1.23. The van der Waals surface area contributed by atoms with Crippen molar-refractivity contribution in [2.75, 3.05) is 12.0 Å². The van der Waals surface area contributed by atoms with Crippen LogP contribution >= 0.6 is 0 Å². The molecule has 0 aliphatic rings. The first-order valence-corrected chi connectivity index (χ1v) is 7.40. The first-order valence-electron chi connectivity index (χ1n) is 5.67. The van der Waals surface area contributed by atoms with Gasteiger partial charge in [0.25, 0.3) is 0 Å². The van der Waals surface area contributed by atoms with E-state index in [1.807, 2.05) is 20.0 Å². The van der Waals surface area contributed by atoms with Gasteiger partial charge in [-0.2, -0.15) is 0 Å². The van der Waals surface area contributed by atoms with Crippen molar-refractivity contribution >= 4 is 21.8 Å². The fourth-order valence-electron chi connectivity index (χ4n) is 2.07. The molecule has 0 saturated carbocycles. The standard InChI is InChI=1S/C12H17N3OS/c1-9-7-13-8-11-12(9)15(10(2)14-11)5-4-6-17(3)16/h7-8H,4-6H2,1-3H3. The molecule has 0 fully saturated rings. The quantitative estimate of drug-likeness (QED) is 0.832. The van der Waals surface area contributed by atoms with Crippen LogP contribution in [-0.4, -0.2) is 30.8 Å². The van der Waals surface area contributed by atoms with Crippen molar-refractivity contribution in [1.82, 2.24) is 14.5 Å². The molecule has 1 atom stereocenters. The van der Waals surface area contributed by atoms with Gasteiger partial charge >= 0.3 is 0 Å². The molecule has 1 unspecified atom stereocenters. The molecule has 0 N–H and O–H groups in total. The lowest BCUT2D eigenvalue weighted by Gasteiger charge is -2.07. The van der Waals surface area contributed by atoms with E-state index < -0.39 is 10.8 Å². The predicted octanol–water partition coefficient (Wildman–Crippen LogP) is 1.82. The van der Waals surface area contributed by atoms with E-state index in [0.717, 1.165) is 41.1 Å². The van der Waals surface area contributed by atoms with Gasteiger partial charge in [-0.3, -0.25) is 9.19 Å². The van der Waals surface area contributed by atoms with Gasteiger partial charge in [-0.1, -0.05) is 0 Å². The molecule has 0 aliphatic carbocycles. The smallest absolute Gasteiger partial charge is 0.107 e. The average molecular weight is 251 g/mol. The maximum Gasteiger partial charge on any atom is 0.107 e. The van der Waals surface area contributed by atoms with E-state index in [1.54, 1.807) is 12.5 Å². The lowest BCUT2D eigenvalue weighted by molar-refractivity contribution is 0.658. The zero-order chi connectivity index (χ0) is 12.4. The summed E-state index contributed by atoms with van der Waals surface area (Å²) in [4.78, 5) is 8.65. The monoisotopic (exact) mass is 251 g/mol. The molecule has 0 bridgehead atoms. The van der Waals surface area contributed by atoms with Crippen LogP contribution in [0.4, 0.5) is 0 Å². The molecule has 2 aromatic heterocycles. The minimum Gasteiger partial charge on any atom is -0.328 e. The van der Waals surface area contributed by atoms with Crippen molar-refractivity contribution in [1.29, 1.82) is 0 Å². The number of hydrogen-bond acceptors (Lipinski definition) is 3. The molecule has 0 aromatic carbocycles. The van der Waals surface area contributed by atoms with Crippen molar-refractivity contribution in [2.45, 2.75) is 26.8 Å². The Balaban J connectivity index is 2.32. The number of aryl methyl sites for hydroxylation is 3. The largest absolute Gasteiger partial charge is 0.328 e. The second kappa shape index (κ2) is 4.96. The Kier molecular flexibility index (Phi) is 3.57. The van der Waals surface area contributed by atoms with Crippen LogP contribution in [0.2, 0.25) is 0 Å². The first kappa shape index (κ1) is 12.2. The maximum absolute atomic E-state index is 11.1. The molecule has 0 radical (unpaired) electrons. The topological polar surface area (TPSA) is 47.8 Å². The molecule has 0 amide bonds. The number of aromatic nitrogens is 3. The van der Waals surface area contributed by atoms with Gasteiger partial charge in [0, 0.05) is 35.5 Å². The van der Waals surface area contributed by atoms with E-state index in [9.17, 15) is 4.21 Å². The summed E-state index contributed by atoms with van der Waals surface area (Å²) in [5.74, 6) is 1.74. The zero-order valence-electron chi connectivity index (χ0n) is 10.4. The summed E-state index contributed by atoms with van der Waals surface area (Å²) in [7, 11) is -0.719. The molecule has 0 saturated heterocycles. The number of rotatable bonds is 4. The van der Waals surface area contributed by atoms with Crippen LogP contribution in [0.5, 0.6) is 0 Å². The van der Waals surface area contributed by atoms with Gasteiger partial charge in [0.1, 0.15) is 11.3 Å². The molecule has 0 spiro atoms. The summed E-state index contributed by atoms with van der Waals surface area (Å²) in [6.07, 6.45) is 6.31. The summed E-state index contributed by atoms with van der Waals surface area (Å²) >= 11 is 0. The van der Waals surface area contributed by atoms with Crippen LogP contribution in [-0.2, 0) is 17.3 Å². The number of hydrogen-bond donors (Lipinski definition) is 0. The minimum absolute atomic E-state index is 0.719. The predicted molar refractivity (Wildman–Crippen MR) is 70.6 cm³/mol. The van der Waals surface area contributed by atoms with E-state index >= 15 is 0 Å². The van der Waals surface area contributed by atoms with E-state index in [-0.39, 0.29) is 0 Å². The van der Waals surface area contributed by atoms with Crippen LogP contribution in [0.25, 0.3) is 11.0 Å². The number of nitrogens with zero attached hydrogens (tertiary/aromatic N) is 3.